The number of hydrogen-bond donors (Lipinski definition) is 1. The van der Waals surface area contributed by atoms with Gasteiger partial charge in [-0.2, -0.15) is 0 Å². The standard InChI is InChI=1S/C16H16ClFN2O/c1-10(12-5-3-4-6-15(12)18)20(2)16(21)13-9-11(19)7-8-14(13)17/h3-10H,19H2,1-2H3. The molecule has 2 aromatic carbocycles. The summed E-state index contributed by atoms with van der Waals surface area (Å²) in [6.45, 7) is 1.76. The maximum Gasteiger partial charge on any atom is 0.255 e. The number of carbonyl (C=O) groups excluding carboxylic acids is 1. The van der Waals surface area contributed by atoms with Gasteiger partial charge in [0.25, 0.3) is 5.91 Å². The van der Waals surface area contributed by atoms with Crippen LogP contribution in [0.15, 0.2) is 42.5 Å². The van der Waals surface area contributed by atoms with Crippen LogP contribution in [0, 0.1) is 5.82 Å². The van der Waals surface area contributed by atoms with E-state index in [4.69, 9.17) is 17.3 Å². The topological polar surface area (TPSA) is 46.3 Å². The van der Waals surface area contributed by atoms with Crippen LogP contribution in [0.25, 0.3) is 0 Å². The number of nitrogens with zero attached hydrogens (tertiary/aromatic N) is 1. The van der Waals surface area contributed by atoms with Crippen molar-refractivity contribution in [2.24, 2.45) is 0 Å². The lowest BCUT2D eigenvalue weighted by Crippen LogP contribution is -2.30. The lowest BCUT2D eigenvalue weighted by atomic mass is 10.1. The Bertz CT molecular complexity index is 675. The van der Waals surface area contributed by atoms with Crippen LogP contribution in [0.1, 0.15) is 28.9 Å². The van der Waals surface area contributed by atoms with Gasteiger partial charge in [0.15, 0.2) is 0 Å². The Morgan fingerprint density at radius 2 is 1.95 bits per heavy atom. The van der Waals surface area contributed by atoms with Gasteiger partial charge in [0.1, 0.15) is 5.82 Å². The highest BCUT2D eigenvalue weighted by atomic mass is 35.5. The Kier molecular flexibility index (Phi) is 4.48. The maximum atomic E-state index is 13.8. The molecular formula is C16H16ClFN2O. The molecule has 2 aromatic rings. The van der Waals surface area contributed by atoms with Crippen LogP contribution in [0.3, 0.4) is 0 Å². The molecule has 0 spiro atoms. The SMILES string of the molecule is CC(c1ccccc1F)N(C)C(=O)c1cc(N)ccc1Cl. The number of carbonyl (C=O) groups is 1. The van der Waals surface area contributed by atoms with Crippen molar-refractivity contribution < 1.29 is 9.18 Å². The van der Waals surface area contributed by atoms with E-state index in [2.05, 4.69) is 0 Å². The smallest absolute Gasteiger partial charge is 0.255 e. The third-order valence-corrected chi connectivity index (χ3v) is 3.81. The minimum Gasteiger partial charge on any atom is -0.399 e. The molecule has 1 atom stereocenters. The highest BCUT2D eigenvalue weighted by Gasteiger charge is 2.22. The van der Waals surface area contributed by atoms with Gasteiger partial charge in [-0.15, -0.1) is 0 Å². The number of hydrogen-bond acceptors (Lipinski definition) is 2. The Morgan fingerprint density at radius 1 is 1.29 bits per heavy atom. The molecule has 3 nitrogen and oxygen atoms in total. The first kappa shape index (κ1) is 15.3. The van der Waals surface area contributed by atoms with Crippen LogP contribution in [0.2, 0.25) is 5.02 Å². The molecule has 2 N–H and O–H groups in total. The van der Waals surface area contributed by atoms with Crippen molar-refractivity contribution in [3.05, 3.63) is 64.4 Å². The van der Waals surface area contributed by atoms with Crippen molar-refractivity contribution in [1.29, 1.82) is 0 Å². The fourth-order valence-corrected chi connectivity index (χ4v) is 2.29. The number of halogens is 2. The summed E-state index contributed by atoms with van der Waals surface area (Å²) in [7, 11) is 1.61. The number of nitrogen functional groups attached to an aromatic ring is 1. The number of amides is 1. The van der Waals surface area contributed by atoms with E-state index in [1.807, 2.05) is 0 Å². The van der Waals surface area contributed by atoms with E-state index in [0.29, 0.717) is 21.8 Å². The second kappa shape index (κ2) is 6.14. The average molecular weight is 307 g/mol. The van der Waals surface area contributed by atoms with Crippen LogP contribution < -0.4 is 5.73 Å². The number of benzene rings is 2. The van der Waals surface area contributed by atoms with Crippen molar-refractivity contribution in [2.45, 2.75) is 13.0 Å². The zero-order valence-corrected chi connectivity index (χ0v) is 12.6. The first-order valence-electron chi connectivity index (χ1n) is 6.48. The second-order valence-corrected chi connectivity index (χ2v) is 5.26. The summed E-state index contributed by atoms with van der Waals surface area (Å²) in [5.41, 5.74) is 6.90. The van der Waals surface area contributed by atoms with Gasteiger partial charge in [0.05, 0.1) is 16.6 Å². The molecule has 110 valence electrons. The predicted molar refractivity (Wildman–Crippen MR) is 82.8 cm³/mol. The molecule has 0 aliphatic rings. The molecule has 21 heavy (non-hydrogen) atoms. The van der Waals surface area contributed by atoms with Crippen molar-refractivity contribution in [2.75, 3.05) is 12.8 Å². The summed E-state index contributed by atoms with van der Waals surface area (Å²) in [5, 5.41) is 0.321. The van der Waals surface area contributed by atoms with Crippen LogP contribution in [-0.4, -0.2) is 17.9 Å². The summed E-state index contributed by atoms with van der Waals surface area (Å²) in [6.07, 6.45) is 0. The van der Waals surface area contributed by atoms with Gasteiger partial charge >= 0.3 is 0 Å². The summed E-state index contributed by atoms with van der Waals surface area (Å²) in [5.74, 6) is -0.647. The van der Waals surface area contributed by atoms with E-state index < -0.39 is 6.04 Å². The molecule has 0 saturated heterocycles. The zero-order valence-electron chi connectivity index (χ0n) is 11.8. The fourth-order valence-electron chi connectivity index (χ4n) is 2.10. The summed E-state index contributed by atoms with van der Waals surface area (Å²) < 4.78 is 13.8. The minimum atomic E-state index is -0.420. The molecule has 5 heteroatoms. The van der Waals surface area contributed by atoms with E-state index in [1.165, 1.54) is 17.0 Å². The second-order valence-electron chi connectivity index (χ2n) is 4.85. The van der Waals surface area contributed by atoms with Crippen molar-refractivity contribution in [3.63, 3.8) is 0 Å². The Labute approximate surface area is 128 Å². The third-order valence-electron chi connectivity index (χ3n) is 3.48. The predicted octanol–water partition coefficient (Wildman–Crippen LogP) is 3.89. The Balaban J connectivity index is 2.31. The largest absolute Gasteiger partial charge is 0.399 e. The van der Waals surface area contributed by atoms with Crippen molar-refractivity contribution in [3.8, 4) is 0 Å². The lowest BCUT2D eigenvalue weighted by molar-refractivity contribution is 0.0740. The van der Waals surface area contributed by atoms with Crippen LogP contribution in [-0.2, 0) is 0 Å². The van der Waals surface area contributed by atoms with Crippen LogP contribution in [0.5, 0.6) is 0 Å². The molecule has 0 aromatic heterocycles. The Hall–Kier alpha value is -2.07. The quantitative estimate of drug-likeness (QED) is 0.874. The molecule has 0 saturated carbocycles. The Morgan fingerprint density at radius 3 is 2.62 bits per heavy atom. The summed E-state index contributed by atoms with van der Waals surface area (Å²) in [4.78, 5) is 14.0. The van der Waals surface area contributed by atoms with E-state index in [-0.39, 0.29) is 11.7 Å². The van der Waals surface area contributed by atoms with Crippen molar-refractivity contribution in [1.82, 2.24) is 4.90 Å². The summed E-state index contributed by atoms with van der Waals surface area (Å²) in [6, 6.07) is 10.7. The lowest BCUT2D eigenvalue weighted by Gasteiger charge is -2.26. The van der Waals surface area contributed by atoms with Crippen LogP contribution in [0.4, 0.5) is 10.1 Å². The fraction of sp³-hybridized carbons (Fsp3) is 0.188. The molecule has 2 rings (SSSR count). The van der Waals surface area contributed by atoms with E-state index in [9.17, 15) is 9.18 Å². The van der Waals surface area contributed by atoms with E-state index in [1.54, 1.807) is 44.3 Å². The van der Waals surface area contributed by atoms with Gasteiger partial charge in [0, 0.05) is 18.3 Å². The number of nitrogens with two attached hydrogens (primary N) is 1. The number of anilines is 1. The molecule has 0 bridgehead atoms. The van der Waals surface area contributed by atoms with Gasteiger partial charge in [-0.05, 0) is 31.2 Å². The molecule has 0 fully saturated rings. The highest BCUT2D eigenvalue weighted by molar-refractivity contribution is 6.34. The molecule has 1 unspecified atom stereocenters. The molecule has 0 heterocycles. The van der Waals surface area contributed by atoms with Gasteiger partial charge in [-0.3, -0.25) is 4.79 Å². The monoisotopic (exact) mass is 306 g/mol. The van der Waals surface area contributed by atoms with E-state index >= 15 is 0 Å². The first-order chi connectivity index (χ1) is 9.91. The van der Waals surface area contributed by atoms with Gasteiger partial charge < -0.3 is 10.6 Å². The molecule has 0 radical (unpaired) electrons. The maximum absolute atomic E-state index is 13.8. The van der Waals surface area contributed by atoms with Gasteiger partial charge in [-0.25, -0.2) is 4.39 Å². The molecular weight excluding hydrogens is 291 g/mol. The first-order valence-corrected chi connectivity index (χ1v) is 6.86. The van der Waals surface area contributed by atoms with E-state index in [0.717, 1.165) is 0 Å². The van der Waals surface area contributed by atoms with Gasteiger partial charge in [0.2, 0.25) is 0 Å². The molecule has 1 amide bonds. The van der Waals surface area contributed by atoms with Gasteiger partial charge in [-0.1, -0.05) is 29.8 Å². The molecule has 0 aliphatic heterocycles. The highest BCUT2D eigenvalue weighted by Crippen LogP contribution is 2.26. The zero-order chi connectivity index (χ0) is 15.6. The minimum absolute atomic E-state index is 0.303. The normalized spacial score (nSPS) is 12.0. The average Bonchev–Trinajstić information content (AvgIpc) is 2.48. The molecule has 0 aliphatic carbocycles. The van der Waals surface area contributed by atoms with Crippen LogP contribution >= 0.6 is 11.6 Å². The third kappa shape index (κ3) is 3.16. The van der Waals surface area contributed by atoms with Crippen molar-refractivity contribution >= 4 is 23.2 Å². The summed E-state index contributed by atoms with van der Waals surface area (Å²) >= 11 is 6.04. The number of rotatable bonds is 3.